The van der Waals surface area contributed by atoms with Crippen molar-refractivity contribution in [2.45, 2.75) is 19.9 Å². The van der Waals surface area contributed by atoms with Gasteiger partial charge in [-0.05, 0) is 13.0 Å². The summed E-state index contributed by atoms with van der Waals surface area (Å²) in [5, 5.41) is 17.6. The maximum absolute atomic E-state index is 12.1. The van der Waals surface area contributed by atoms with E-state index < -0.39 is 0 Å². The predicted molar refractivity (Wildman–Crippen MR) is 82.0 cm³/mol. The summed E-state index contributed by atoms with van der Waals surface area (Å²) >= 11 is 1.55. The van der Waals surface area contributed by atoms with Crippen molar-refractivity contribution < 1.29 is 9.90 Å². The molecule has 0 atom stereocenters. The van der Waals surface area contributed by atoms with Crippen LogP contribution in [0.5, 0.6) is 0 Å². The highest BCUT2D eigenvalue weighted by atomic mass is 32.1. The lowest BCUT2D eigenvalue weighted by atomic mass is 10.2. The van der Waals surface area contributed by atoms with Crippen LogP contribution in [0.1, 0.15) is 32.9 Å². The van der Waals surface area contributed by atoms with E-state index in [1.54, 1.807) is 22.2 Å². The number of nitrogens with zero attached hydrogens (tertiary/aromatic N) is 2. The molecule has 2 heterocycles. The highest BCUT2D eigenvalue weighted by Crippen LogP contribution is 2.14. The Morgan fingerprint density at radius 2 is 2.38 bits per heavy atom. The number of amides is 1. The largest absolute Gasteiger partial charge is 0.395 e. The van der Waals surface area contributed by atoms with Crippen molar-refractivity contribution >= 4 is 17.2 Å². The molecule has 0 spiro atoms. The fourth-order valence-electron chi connectivity index (χ4n) is 1.74. The minimum atomic E-state index is -0.123. The van der Waals surface area contributed by atoms with E-state index in [2.05, 4.69) is 22.3 Å². The third kappa shape index (κ3) is 3.94. The molecule has 2 rings (SSSR count). The van der Waals surface area contributed by atoms with Gasteiger partial charge in [0.25, 0.3) is 5.91 Å². The monoisotopic (exact) mass is 303 g/mol. The van der Waals surface area contributed by atoms with E-state index in [1.165, 1.54) is 0 Å². The van der Waals surface area contributed by atoms with Gasteiger partial charge in [0.15, 0.2) is 0 Å². The second-order valence-electron chi connectivity index (χ2n) is 4.53. The van der Waals surface area contributed by atoms with Gasteiger partial charge in [-0.1, -0.05) is 11.8 Å². The Balaban J connectivity index is 1.93. The fraction of sp³-hybridized carbons (Fsp3) is 0.333. The zero-order valence-corrected chi connectivity index (χ0v) is 12.8. The Hall–Kier alpha value is -2.10. The van der Waals surface area contributed by atoms with Gasteiger partial charge in [-0.15, -0.1) is 11.3 Å². The first-order chi connectivity index (χ1) is 10.1. The van der Waals surface area contributed by atoms with Gasteiger partial charge in [-0.3, -0.25) is 9.48 Å². The maximum atomic E-state index is 12.1. The number of aryl methyl sites for hydroxylation is 1. The summed E-state index contributed by atoms with van der Waals surface area (Å²) in [6.07, 6.45) is 2.05. The molecule has 0 aromatic carbocycles. The number of hydrogen-bond donors (Lipinski definition) is 2. The van der Waals surface area contributed by atoms with Crippen LogP contribution in [0.15, 0.2) is 17.6 Å². The quantitative estimate of drug-likeness (QED) is 0.840. The lowest BCUT2D eigenvalue weighted by molar-refractivity contribution is 0.0950. The van der Waals surface area contributed by atoms with Crippen LogP contribution in [-0.4, -0.2) is 27.4 Å². The molecular weight excluding hydrogens is 286 g/mol. The van der Waals surface area contributed by atoms with Gasteiger partial charge in [-0.25, -0.2) is 0 Å². The first-order valence-electron chi connectivity index (χ1n) is 6.55. The van der Waals surface area contributed by atoms with Crippen LogP contribution in [0.3, 0.4) is 0 Å². The summed E-state index contributed by atoms with van der Waals surface area (Å²) < 4.78 is 1.68. The second kappa shape index (κ2) is 7.07. The van der Waals surface area contributed by atoms with Crippen LogP contribution in [0.4, 0.5) is 0 Å². The Morgan fingerprint density at radius 1 is 1.57 bits per heavy atom. The number of thiophene rings is 1. The fourth-order valence-corrected chi connectivity index (χ4v) is 2.50. The number of hydrogen-bond acceptors (Lipinski definition) is 4. The third-order valence-electron chi connectivity index (χ3n) is 3.03. The standard InChI is InChI=1S/C15H17N3O2S/c1-11-14(9-17-18(11)2)15(20)16-8-13-7-12(10-21-13)5-3-4-6-19/h7,9-10,19H,4,6,8H2,1-2H3,(H,16,20). The minimum Gasteiger partial charge on any atom is -0.395 e. The van der Waals surface area contributed by atoms with E-state index in [0.29, 0.717) is 18.5 Å². The molecule has 0 saturated heterocycles. The molecule has 5 nitrogen and oxygen atoms in total. The van der Waals surface area contributed by atoms with Crippen LogP contribution in [0.2, 0.25) is 0 Å². The number of nitrogens with one attached hydrogen (secondary N) is 1. The number of rotatable bonds is 4. The SMILES string of the molecule is Cc1c(C(=O)NCc2cc(C#CCCO)cs2)cnn1C. The lowest BCUT2D eigenvalue weighted by Crippen LogP contribution is -2.22. The Kier molecular flexibility index (Phi) is 5.14. The highest BCUT2D eigenvalue weighted by molar-refractivity contribution is 7.10. The summed E-state index contributed by atoms with van der Waals surface area (Å²) in [6, 6.07) is 1.95. The number of aromatic nitrogens is 2. The van der Waals surface area contributed by atoms with Crippen molar-refractivity contribution in [1.29, 1.82) is 0 Å². The molecule has 2 aromatic rings. The topological polar surface area (TPSA) is 67.2 Å². The summed E-state index contributed by atoms with van der Waals surface area (Å²) in [5.74, 6) is 5.72. The number of aliphatic hydroxyl groups is 1. The highest BCUT2D eigenvalue weighted by Gasteiger charge is 2.12. The van der Waals surface area contributed by atoms with E-state index in [0.717, 1.165) is 16.1 Å². The number of aliphatic hydroxyl groups excluding tert-OH is 1. The van der Waals surface area contributed by atoms with Gasteiger partial charge in [-0.2, -0.15) is 5.10 Å². The second-order valence-corrected chi connectivity index (χ2v) is 5.52. The first-order valence-corrected chi connectivity index (χ1v) is 7.43. The predicted octanol–water partition coefficient (Wildman–Crippen LogP) is 1.45. The normalized spacial score (nSPS) is 10.0. The number of carbonyl (C=O) groups excluding carboxylic acids is 1. The Labute approximate surface area is 127 Å². The minimum absolute atomic E-state index is 0.0739. The van der Waals surface area contributed by atoms with E-state index >= 15 is 0 Å². The van der Waals surface area contributed by atoms with Gasteiger partial charge in [0.2, 0.25) is 0 Å². The van der Waals surface area contributed by atoms with Crippen molar-refractivity contribution in [3.8, 4) is 11.8 Å². The van der Waals surface area contributed by atoms with E-state index in [-0.39, 0.29) is 12.5 Å². The summed E-state index contributed by atoms with van der Waals surface area (Å²) in [4.78, 5) is 13.1. The van der Waals surface area contributed by atoms with Crippen LogP contribution >= 0.6 is 11.3 Å². The molecule has 2 N–H and O–H groups in total. The van der Waals surface area contributed by atoms with E-state index in [9.17, 15) is 4.79 Å². The third-order valence-corrected chi connectivity index (χ3v) is 3.96. The van der Waals surface area contributed by atoms with Gasteiger partial charge in [0.05, 0.1) is 24.9 Å². The summed E-state index contributed by atoms with van der Waals surface area (Å²) in [6.45, 7) is 2.41. The molecule has 0 aliphatic carbocycles. The molecule has 0 radical (unpaired) electrons. The molecule has 110 valence electrons. The zero-order chi connectivity index (χ0) is 15.2. The molecule has 0 unspecified atom stereocenters. The van der Waals surface area contributed by atoms with Crippen molar-refractivity contribution in [1.82, 2.24) is 15.1 Å². The van der Waals surface area contributed by atoms with Gasteiger partial charge >= 0.3 is 0 Å². The van der Waals surface area contributed by atoms with Crippen molar-refractivity contribution in [3.63, 3.8) is 0 Å². The van der Waals surface area contributed by atoms with E-state index in [4.69, 9.17) is 5.11 Å². The van der Waals surface area contributed by atoms with Gasteiger partial charge < -0.3 is 10.4 Å². The molecule has 21 heavy (non-hydrogen) atoms. The lowest BCUT2D eigenvalue weighted by Gasteiger charge is -2.02. The van der Waals surface area contributed by atoms with Crippen molar-refractivity contribution in [2.75, 3.05) is 6.61 Å². The maximum Gasteiger partial charge on any atom is 0.255 e. The van der Waals surface area contributed by atoms with Crippen molar-refractivity contribution in [3.05, 3.63) is 39.3 Å². The average molecular weight is 303 g/mol. The van der Waals surface area contributed by atoms with E-state index in [1.807, 2.05) is 25.4 Å². The molecule has 6 heteroatoms. The Bertz CT molecular complexity index is 691. The van der Waals surface area contributed by atoms with Crippen LogP contribution < -0.4 is 5.32 Å². The van der Waals surface area contributed by atoms with Crippen LogP contribution in [0.25, 0.3) is 0 Å². The summed E-state index contributed by atoms with van der Waals surface area (Å²) in [5.41, 5.74) is 2.35. The molecule has 0 aliphatic heterocycles. The molecule has 2 aromatic heterocycles. The molecule has 0 bridgehead atoms. The first kappa shape index (κ1) is 15.3. The van der Waals surface area contributed by atoms with Crippen LogP contribution in [-0.2, 0) is 13.6 Å². The molecular formula is C15H17N3O2S. The number of carbonyl (C=O) groups is 1. The summed E-state index contributed by atoms with van der Waals surface area (Å²) in [7, 11) is 1.81. The smallest absolute Gasteiger partial charge is 0.255 e. The van der Waals surface area contributed by atoms with Gasteiger partial charge in [0, 0.05) is 35.0 Å². The molecule has 0 fully saturated rings. The average Bonchev–Trinajstić information content (AvgIpc) is 3.05. The van der Waals surface area contributed by atoms with Gasteiger partial charge in [0.1, 0.15) is 0 Å². The molecule has 0 saturated carbocycles. The zero-order valence-electron chi connectivity index (χ0n) is 12.0. The molecule has 1 amide bonds. The van der Waals surface area contributed by atoms with Crippen molar-refractivity contribution in [2.24, 2.45) is 7.05 Å². The Morgan fingerprint density at radius 3 is 3.05 bits per heavy atom. The van der Waals surface area contributed by atoms with Crippen LogP contribution in [0, 0.1) is 18.8 Å². The molecule has 0 aliphatic rings.